The van der Waals surface area contributed by atoms with E-state index in [1.165, 1.54) is 20.0 Å². The Kier molecular flexibility index (Phi) is 4.74. The monoisotopic (exact) mass is 265 g/mol. The van der Waals surface area contributed by atoms with Crippen LogP contribution in [0.4, 0.5) is 11.4 Å². The third-order valence-electron chi connectivity index (χ3n) is 2.64. The number of likely N-dealkylation sites (N-methyl/N-ethyl adjacent to an activating group) is 1. The summed E-state index contributed by atoms with van der Waals surface area (Å²) in [4.78, 5) is 25.0. The third-order valence-corrected chi connectivity index (χ3v) is 2.64. The molecule has 0 spiro atoms. The molecule has 0 aromatic heterocycles. The minimum Gasteiger partial charge on any atom is -0.449 e. The number of ether oxygens (including phenoxy) is 1. The lowest BCUT2D eigenvalue weighted by molar-refractivity contribution is -0.128. The van der Waals surface area contributed by atoms with Gasteiger partial charge in [-0.1, -0.05) is 0 Å². The molecule has 3 N–H and O–H groups in total. The summed E-state index contributed by atoms with van der Waals surface area (Å²) in [5.74, 6) is -0.931. The molecule has 0 saturated heterocycles. The molecule has 1 aromatic rings. The van der Waals surface area contributed by atoms with Crippen LogP contribution in [-0.2, 0) is 9.53 Å². The van der Waals surface area contributed by atoms with Crippen LogP contribution in [0.1, 0.15) is 17.3 Å². The number of amides is 1. The van der Waals surface area contributed by atoms with Crippen LogP contribution in [0, 0.1) is 0 Å². The number of rotatable bonds is 4. The van der Waals surface area contributed by atoms with Gasteiger partial charge in [0.2, 0.25) is 0 Å². The van der Waals surface area contributed by atoms with Gasteiger partial charge in [-0.25, -0.2) is 4.79 Å². The quantitative estimate of drug-likeness (QED) is 0.616. The van der Waals surface area contributed by atoms with Crippen molar-refractivity contribution in [2.45, 2.75) is 13.0 Å². The van der Waals surface area contributed by atoms with Crippen molar-refractivity contribution in [3.8, 4) is 0 Å². The molecule has 0 aliphatic heterocycles. The lowest BCUT2D eigenvalue weighted by Gasteiger charge is -2.16. The molecule has 19 heavy (non-hydrogen) atoms. The van der Waals surface area contributed by atoms with Crippen LogP contribution >= 0.6 is 0 Å². The Labute approximate surface area is 112 Å². The van der Waals surface area contributed by atoms with Crippen molar-refractivity contribution in [2.75, 3.05) is 31.8 Å². The normalized spacial score (nSPS) is 11.6. The molecular formula is C13H19N3O3. The van der Waals surface area contributed by atoms with E-state index in [1.807, 2.05) is 19.0 Å². The molecule has 0 aliphatic carbocycles. The fraction of sp³-hybridized carbons (Fsp3) is 0.385. The molecular weight excluding hydrogens is 246 g/mol. The molecule has 1 unspecified atom stereocenters. The van der Waals surface area contributed by atoms with Gasteiger partial charge in [-0.2, -0.15) is 0 Å². The number of carbonyl (C=O) groups excluding carboxylic acids is 2. The minimum atomic E-state index is -0.841. The second kappa shape index (κ2) is 6.08. The molecule has 0 aliphatic rings. The smallest absolute Gasteiger partial charge is 0.338 e. The van der Waals surface area contributed by atoms with Crippen LogP contribution < -0.4 is 16.0 Å². The highest BCUT2D eigenvalue weighted by Crippen LogP contribution is 2.22. The van der Waals surface area contributed by atoms with Gasteiger partial charge in [0.1, 0.15) is 0 Å². The molecule has 6 heteroatoms. The summed E-state index contributed by atoms with van der Waals surface area (Å²) in [6.07, 6.45) is -0.841. The van der Waals surface area contributed by atoms with Gasteiger partial charge in [0.05, 0.1) is 16.9 Å². The van der Waals surface area contributed by atoms with Crippen molar-refractivity contribution in [3.63, 3.8) is 0 Å². The number of anilines is 2. The van der Waals surface area contributed by atoms with Crippen molar-refractivity contribution in [3.05, 3.63) is 23.8 Å². The Morgan fingerprint density at radius 3 is 2.47 bits per heavy atom. The average Bonchev–Trinajstić information content (AvgIpc) is 2.36. The number of esters is 1. The highest BCUT2D eigenvalue weighted by atomic mass is 16.5. The Bertz CT molecular complexity index is 486. The first-order chi connectivity index (χ1) is 8.86. The Morgan fingerprint density at radius 1 is 1.37 bits per heavy atom. The summed E-state index contributed by atoms with van der Waals surface area (Å²) in [7, 11) is 5.20. The first-order valence-corrected chi connectivity index (χ1v) is 5.86. The summed E-state index contributed by atoms with van der Waals surface area (Å²) in [5.41, 5.74) is 7.46. The van der Waals surface area contributed by atoms with E-state index in [9.17, 15) is 9.59 Å². The van der Waals surface area contributed by atoms with E-state index in [1.54, 1.807) is 12.1 Å². The molecule has 0 heterocycles. The first-order valence-electron chi connectivity index (χ1n) is 5.86. The van der Waals surface area contributed by atoms with Gasteiger partial charge in [0.15, 0.2) is 6.10 Å². The second-order valence-corrected chi connectivity index (χ2v) is 4.33. The zero-order chi connectivity index (χ0) is 14.6. The van der Waals surface area contributed by atoms with Gasteiger partial charge in [0, 0.05) is 21.1 Å². The molecule has 1 rings (SSSR count). The average molecular weight is 265 g/mol. The molecule has 0 bridgehead atoms. The molecule has 6 nitrogen and oxygen atoms in total. The topological polar surface area (TPSA) is 84.7 Å². The Hall–Kier alpha value is -2.24. The van der Waals surface area contributed by atoms with Crippen molar-refractivity contribution in [1.82, 2.24) is 5.32 Å². The maximum atomic E-state index is 11.8. The predicted molar refractivity (Wildman–Crippen MR) is 74.1 cm³/mol. The highest BCUT2D eigenvalue weighted by molar-refractivity contribution is 5.94. The van der Waals surface area contributed by atoms with E-state index in [0.717, 1.165) is 5.69 Å². The highest BCUT2D eigenvalue weighted by Gasteiger charge is 2.18. The van der Waals surface area contributed by atoms with Crippen LogP contribution in [0.2, 0.25) is 0 Å². The largest absolute Gasteiger partial charge is 0.449 e. The van der Waals surface area contributed by atoms with Gasteiger partial charge in [-0.15, -0.1) is 0 Å². The van der Waals surface area contributed by atoms with E-state index >= 15 is 0 Å². The molecule has 0 radical (unpaired) electrons. The fourth-order valence-corrected chi connectivity index (χ4v) is 1.57. The van der Waals surface area contributed by atoms with Crippen molar-refractivity contribution in [2.24, 2.45) is 0 Å². The van der Waals surface area contributed by atoms with E-state index in [4.69, 9.17) is 10.5 Å². The minimum absolute atomic E-state index is 0.318. The zero-order valence-corrected chi connectivity index (χ0v) is 11.6. The van der Waals surface area contributed by atoms with Gasteiger partial charge < -0.3 is 20.7 Å². The molecule has 1 aromatic carbocycles. The van der Waals surface area contributed by atoms with Gasteiger partial charge in [0.25, 0.3) is 5.91 Å². The van der Waals surface area contributed by atoms with Gasteiger partial charge in [-0.3, -0.25) is 4.79 Å². The van der Waals surface area contributed by atoms with Crippen LogP contribution in [0.3, 0.4) is 0 Å². The van der Waals surface area contributed by atoms with E-state index in [0.29, 0.717) is 11.3 Å². The Morgan fingerprint density at radius 2 is 2.00 bits per heavy atom. The number of nitrogens with two attached hydrogens (primary N) is 1. The predicted octanol–water partition coefficient (Wildman–Crippen LogP) is 0.626. The zero-order valence-electron chi connectivity index (χ0n) is 11.6. The number of hydrogen-bond donors (Lipinski definition) is 2. The van der Waals surface area contributed by atoms with Gasteiger partial charge >= 0.3 is 5.97 Å². The maximum Gasteiger partial charge on any atom is 0.338 e. The molecule has 104 valence electrons. The van der Waals surface area contributed by atoms with Crippen molar-refractivity contribution >= 4 is 23.3 Å². The van der Waals surface area contributed by atoms with Crippen LogP contribution in [0.25, 0.3) is 0 Å². The lowest BCUT2D eigenvalue weighted by Crippen LogP contribution is -2.33. The fourth-order valence-electron chi connectivity index (χ4n) is 1.57. The summed E-state index contributed by atoms with van der Waals surface area (Å²) in [6.45, 7) is 1.51. The van der Waals surface area contributed by atoms with Crippen molar-refractivity contribution < 1.29 is 14.3 Å². The summed E-state index contributed by atoms with van der Waals surface area (Å²) in [6, 6.07) is 4.88. The standard InChI is InChI=1S/C13H19N3O3/c1-8(12(17)15-2)19-13(18)9-5-6-11(16(3)4)10(14)7-9/h5-8H,14H2,1-4H3,(H,15,17). The maximum absolute atomic E-state index is 11.8. The molecule has 0 saturated carbocycles. The molecule has 1 amide bonds. The summed E-state index contributed by atoms with van der Waals surface area (Å²) < 4.78 is 5.02. The SMILES string of the molecule is CNC(=O)C(C)OC(=O)c1ccc(N(C)C)c(N)c1. The number of hydrogen-bond acceptors (Lipinski definition) is 5. The summed E-state index contributed by atoms with van der Waals surface area (Å²) >= 11 is 0. The lowest BCUT2D eigenvalue weighted by atomic mass is 10.1. The number of nitrogens with one attached hydrogen (secondary N) is 1. The van der Waals surface area contributed by atoms with Crippen LogP contribution in [0.5, 0.6) is 0 Å². The van der Waals surface area contributed by atoms with Gasteiger partial charge in [-0.05, 0) is 25.1 Å². The summed E-state index contributed by atoms with van der Waals surface area (Å²) in [5, 5.41) is 2.41. The third kappa shape index (κ3) is 3.61. The van der Waals surface area contributed by atoms with E-state index in [2.05, 4.69) is 5.32 Å². The number of nitrogen functional groups attached to an aromatic ring is 1. The molecule has 0 fully saturated rings. The Balaban J connectivity index is 2.84. The van der Waals surface area contributed by atoms with Crippen LogP contribution in [-0.4, -0.2) is 39.1 Å². The number of nitrogens with zero attached hydrogens (tertiary/aromatic N) is 1. The number of benzene rings is 1. The van der Waals surface area contributed by atoms with E-state index in [-0.39, 0.29) is 5.91 Å². The first kappa shape index (κ1) is 14.8. The number of carbonyl (C=O) groups is 2. The van der Waals surface area contributed by atoms with Crippen LogP contribution in [0.15, 0.2) is 18.2 Å². The van der Waals surface area contributed by atoms with E-state index < -0.39 is 12.1 Å². The second-order valence-electron chi connectivity index (χ2n) is 4.33. The molecule has 1 atom stereocenters. The van der Waals surface area contributed by atoms with Crippen molar-refractivity contribution in [1.29, 1.82) is 0 Å².